The fourth-order valence-electron chi connectivity index (χ4n) is 3.35. The predicted molar refractivity (Wildman–Crippen MR) is 105 cm³/mol. The summed E-state index contributed by atoms with van der Waals surface area (Å²) in [5.74, 6) is 1.48. The third kappa shape index (κ3) is 4.67. The van der Waals surface area contributed by atoms with Crippen molar-refractivity contribution < 1.29 is 4.79 Å². The second-order valence-electron chi connectivity index (χ2n) is 6.88. The predicted octanol–water partition coefficient (Wildman–Crippen LogP) is 3.80. The lowest BCUT2D eigenvalue weighted by Crippen LogP contribution is -2.34. The molecule has 0 aliphatic carbocycles. The van der Waals surface area contributed by atoms with Gasteiger partial charge in [0.1, 0.15) is 5.82 Å². The summed E-state index contributed by atoms with van der Waals surface area (Å²) in [7, 11) is 0. The Morgan fingerprint density at radius 3 is 2.81 bits per heavy atom. The summed E-state index contributed by atoms with van der Waals surface area (Å²) in [6.45, 7) is 5.74. The molecule has 0 spiro atoms. The van der Waals surface area contributed by atoms with Crippen LogP contribution in [0.1, 0.15) is 56.8 Å². The molecule has 1 N–H and O–H groups in total. The van der Waals surface area contributed by atoms with Gasteiger partial charge in [-0.25, -0.2) is 0 Å². The number of hydrogen-bond donors (Lipinski definition) is 1. The number of amides is 1. The molecule has 1 aliphatic rings. The summed E-state index contributed by atoms with van der Waals surface area (Å²) in [4.78, 5) is 12.6. The lowest BCUT2D eigenvalue weighted by Gasteiger charge is -2.18. The molecular formula is C20H28N4OS. The van der Waals surface area contributed by atoms with Crippen molar-refractivity contribution in [3.63, 3.8) is 0 Å². The van der Waals surface area contributed by atoms with Crippen molar-refractivity contribution in [2.45, 2.75) is 68.8 Å². The molecule has 0 saturated carbocycles. The van der Waals surface area contributed by atoms with E-state index < -0.39 is 0 Å². The van der Waals surface area contributed by atoms with Gasteiger partial charge in [-0.2, -0.15) is 0 Å². The average Bonchev–Trinajstić information content (AvgIpc) is 2.89. The molecule has 0 unspecified atom stereocenters. The highest BCUT2D eigenvalue weighted by atomic mass is 32.2. The van der Waals surface area contributed by atoms with E-state index in [1.54, 1.807) is 0 Å². The van der Waals surface area contributed by atoms with Crippen LogP contribution in [0.3, 0.4) is 0 Å². The molecule has 6 heteroatoms. The summed E-state index contributed by atoms with van der Waals surface area (Å²) in [5, 5.41) is 12.4. The maximum absolute atomic E-state index is 12.6. The zero-order chi connectivity index (χ0) is 18.4. The SMILES string of the molecule is CC[C@@H](CNC(=O)[C@H](C)Sc1nnc2n1CCCCC2)c1ccccc1. The van der Waals surface area contributed by atoms with Crippen LogP contribution in [0.2, 0.25) is 0 Å². The van der Waals surface area contributed by atoms with Crippen LogP contribution in [0.15, 0.2) is 35.5 Å². The molecule has 1 amide bonds. The molecular weight excluding hydrogens is 344 g/mol. The fourth-order valence-corrected chi connectivity index (χ4v) is 4.27. The zero-order valence-electron chi connectivity index (χ0n) is 15.6. The third-order valence-corrected chi connectivity index (χ3v) is 6.09. The molecule has 3 rings (SSSR count). The Morgan fingerprint density at radius 1 is 1.23 bits per heavy atom. The monoisotopic (exact) mass is 372 g/mol. The van der Waals surface area contributed by atoms with Gasteiger partial charge in [-0.05, 0) is 31.7 Å². The first-order valence-corrected chi connectivity index (χ1v) is 10.5. The first-order chi connectivity index (χ1) is 12.7. The molecule has 2 aromatic rings. The van der Waals surface area contributed by atoms with Gasteiger partial charge in [0.15, 0.2) is 5.16 Å². The van der Waals surface area contributed by atoms with Crippen molar-refractivity contribution in [2.24, 2.45) is 0 Å². The molecule has 26 heavy (non-hydrogen) atoms. The highest BCUT2D eigenvalue weighted by Gasteiger charge is 2.21. The minimum absolute atomic E-state index is 0.0651. The van der Waals surface area contributed by atoms with Crippen molar-refractivity contribution in [3.05, 3.63) is 41.7 Å². The Kier molecular flexibility index (Phi) is 6.72. The van der Waals surface area contributed by atoms with Crippen LogP contribution in [0, 0.1) is 0 Å². The Hall–Kier alpha value is -1.82. The Bertz CT molecular complexity index is 716. The van der Waals surface area contributed by atoms with Crippen molar-refractivity contribution >= 4 is 17.7 Å². The lowest BCUT2D eigenvalue weighted by molar-refractivity contribution is -0.120. The first-order valence-electron chi connectivity index (χ1n) is 9.60. The van der Waals surface area contributed by atoms with Crippen LogP contribution in [0.25, 0.3) is 0 Å². The Labute approximate surface area is 160 Å². The van der Waals surface area contributed by atoms with Gasteiger partial charge in [-0.3, -0.25) is 4.79 Å². The van der Waals surface area contributed by atoms with Gasteiger partial charge in [0.25, 0.3) is 0 Å². The van der Waals surface area contributed by atoms with Crippen LogP contribution in [-0.2, 0) is 17.8 Å². The number of aryl methyl sites for hydroxylation is 1. The average molecular weight is 373 g/mol. The van der Waals surface area contributed by atoms with E-state index >= 15 is 0 Å². The standard InChI is InChI=1S/C20H28N4OS/c1-3-16(17-10-6-4-7-11-17)14-21-19(25)15(2)26-20-23-22-18-12-8-5-9-13-24(18)20/h4,6-7,10-11,15-16H,3,5,8-9,12-14H2,1-2H3,(H,21,25)/t15-,16-/m0/s1. The molecule has 1 aromatic carbocycles. The van der Waals surface area contributed by atoms with Crippen LogP contribution in [-0.4, -0.2) is 32.5 Å². The molecule has 2 heterocycles. The number of rotatable bonds is 7. The highest BCUT2D eigenvalue weighted by Crippen LogP contribution is 2.25. The second-order valence-corrected chi connectivity index (χ2v) is 8.19. The largest absolute Gasteiger partial charge is 0.355 e. The van der Waals surface area contributed by atoms with E-state index in [4.69, 9.17) is 0 Å². The zero-order valence-corrected chi connectivity index (χ0v) is 16.5. The van der Waals surface area contributed by atoms with Gasteiger partial charge < -0.3 is 9.88 Å². The summed E-state index contributed by atoms with van der Waals surface area (Å²) in [6.07, 6.45) is 5.57. The molecule has 140 valence electrons. The van der Waals surface area contributed by atoms with Crippen molar-refractivity contribution in [1.29, 1.82) is 0 Å². The topological polar surface area (TPSA) is 59.8 Å². The third-order valence-electron chi connectivity index (χ3n) is 5.01. The van der Waals surface area contributed by atoms with Crippen molar-refractivity contribution in [2.75, 3.05) is 6.54 Å². The maximum atomic E-state index is 12.6. The van der Waals surface area contributed by atoms with E-state index in [1.165, 1.54) is 30.2 Å². The number of aromatic nitrogens is 3. The van der Waals surface area contributed by atoms with E-state index in [2.05, 4.69) is 51.3 Å². The molecule has 0 radical (unpaired) electrons. The summed E-state index contributed by atoms with van der Waals surface area (Å²) >= 11 is 1.51. The quantitative estimate of drug-likeness (QED) is 0.751. The number of nitrogens with zero attached hydrogens (tertiary/aromatic N) is 3. The van der Waals surface area contributed by atoms with E-state index in [0.717, 1.165) is 36.8 Å². The Balaban J connectivity index is 1.56. The molecule has 0 saturated heterocycles. The number of nitrogens with one attached hydrogen (secondary N) is 1. The maximum Gasteiger partial charge on any atom is 0.233 e. The summed E-state index contributed by atoms with van der Waals surface area (Å²) < 4.78 is 2.19. The van der Waals surface area contributed by atoms with E-state index in [0.29, 0.717) is 12.5 Å². The van der Waals surface area contributed by atoms with Crippen LogP contribution >= 0.6 is 11.8 Å². The Morgan fingerprint density at radius 2 is 2.04 bits per heavy atom. The number of hydrogen-bond acceptors (Lipinski definition) is 4. The van der Waals surface area contributed by atoms with Crippen LogP contribution in [0.5, 0.6) is 0 Å². The van der Waals surface area contributed by atoms with Gasteiger partial charge in [0, 0.05) is 25.4 Å². The van der Waals surface area contributed by atoms with Gasteiger partial charge >= 0.3 is 0 Å². The molecule has 1 aromatic heterocycles. The summed E-state index contributed by atoms with van der Waals surface area (Å²) in [5.41, 5.74) is 1.28. The van der Waals surface area contributed by atoms with Crippen LogP contribution in [0.4, 0.5) is 0 Å². The number of thioether (sulfide) groups is 1. The van der Waals surface area contributed by atoms with E-state index in [-0.39, 0.29) is 11.2 Å². The van der Waals surface area contributed by atoms with Gasteiger partial charge in [-0.1, -0.05) is 55.4 Å². The molecule has 2 atom stereocenters. The van der Waals surface area contributed by atoms with Crippen molar-refractivity contribution in [1.82, 2.24) is 20.1 Å². The summed E-state index contributed by atoms with van der Waals surface area (Å²) in [6, 6.07) is 10.4. The number of carbonyl (C=O) groups is 1. The molecule has 1 aliphatic heterocycles. The van der Waals surface area contributed by atoms with E-state index in [1.807, 2.05) is 13.0 Å². The number of fused-ring (bicyclic) bond motifs is 1. The smallest absolute Gasteiger partial charge is 0.233 e. The fraction of sp³-hybridized carbons (Fsp3) is 0.550. The molecule has 0 bridgehead atoms. The molecule has 5 nitrogen and oxygen atoms in total. The van der Waals surface area contributed by atoms with Crippen LogP contribution < -0.4 is 5.32 Å². The van der Waals surface area contributed by atoms with E-state index in [9.17, 15) is 4.79 Å². The minimum Gasteiger partial charge on any atom is -0.355 e. The number of benzene rings is 1. The lowest BCUT2D eigenvalue weighted by atomic mass is 9.96. The molecule has 0 fully saturated rings. The van der Waals surface area contributed by atoms with Gasteiger partial charge in [-0.15, -0.1) is 10.2 Å². The minimum atomic E-state index is -0.181. The van der Waals surface area contributed by atoms with Crippen molar-refractivity contribution in [3.8, 4) is 0 Å². The second kappa shape index (κ2) is 9.21. The van der Waals surface area contributed by atoms with Gasteiger partial charge in [0.2, 0.25) is 5.91 Å². The number of carbonyl (C=O) groups excluding carboxylic acids is 1. The first kappa shape index (κ1) is 19.0. The highest BCUT2D eigenvalue weighted by molar-refractivity contribution is 8.00. The van der Waals surface area contributed by atoms with Gasteiger partial charge in [0.05, 0.1) is 5.25 Å². The normalized spacial score (nSPS) is 16.4.